The van der Waals surface area contributed by atoms with Crippen molar-refractivity contribution in [3.63, 3.8) is 0 Å². The summed E-state index contributed by atoms with van der Waals surface area (Å²) in [7, 11) is 0. The van der Waals surface area contributed by atoms with Crippen LogP contribution in [0.4, 0.5) is 5.69 Å². The van der Waals surface area contributed by atoms with Crippen molar-refractivity contribution in [2.45, 2.75) is 93.6 Å². The molecule has 8 nitrogen and oxygen atoms in total. The van der Waals surface area contributed by atoms with Crippen LogP contribution < -0.4 is 15.4 Å². The number of hydrogen-bond acceptors (Lipinski definition) is 6. The van der Waals surface area contributed by atoms with Crippen molar-refractivity contribution in [3.8, 4) is 5.75 Å². The summed E-state index contributed by atoms with van der Waals surface area (Å²) in [6.45, 7) is 13.4. The number of benzene rings is 1. The summed E-state index contributed by atoms with van der Waals surface area (Å²) in [6, 6.07) is 6.55. The summed E-state index contributed by atoms with van der Waals surface area (Å²) in [6.07, 6.45) is 2.55. The number of thioether (sulfide) groups is 1. The van der Waals surface area contributed by atoms with Gasteiger partial charge in [0.15, 0.2) is 0 Å². The van der Waals surface area contributed by atoms with Crippen LogP contribution in [0.2, 0.25) is 0 Å². The minimum Gasteiger partial charge on any atom is -0.494 e. The summed E-state index contributed by atoms with van der Waals surface area (Å²) < 4.78 is 4.81. The van der Waals surface area contributed by atoms with Gasteiger partial charge in [-0.25, -0.2) is 0 Å². The number of amides is 3. The first kappa shape index (κ1) is 31.2. The van der Waals surface area contributed by atoms with Crippen LogP contribution in [-0.4, -0.2) is 73.9 Å². The second-order valence-corrected chi connectivity index (χ2v) is 15.9. The first-order chi connectivity index (χ1) is 18.7. The number of likely N-dealkylation sites (tertiary alicyclic amines) is 1. The molecular formula is C30H44BrN3O5S. The van der Waals surface area contributed by atoms with Gasteiger partial charge in [0.2, 0.25) is 17.7 Å². The van der Waals surface area contributed by atoms with Crippen molar-refractivity contribution in [3.05, 3.63) is 24.3 Å². The molecule has 0 aromatic heterocycles. The lowest BCUT2D eigenvalue weighted by Gasteiger charge is -2.39. The van der Waals surface area contributed by atoms with E-state index < -0.39 is 28.2 Å². The van der Waals surface area contributed by atoms with E-state index >= 15 is 0 Å². The normalized spacial score (nSPS) is 29.4. The van der Waals surface area contributed by atoms with Crippen LogP contribution in [0.25, 0.3) is 0 Å². The Labute approximate surface area is 250 Å². The van der Waals surface area contributed by atoms with Crippen molar-refractivity contribution in [1.29, 1.82) is 0 Å². The van der Waals surface area contributed by atoms with Gasteiger partial charge in [-0.1, -0.05) is 36.7 Å². The third kappa shape index (κ3) is 6.19. The molecule has 1 aromatic carbocycles. The number of carbonyl (C=O) groups excluding carboxylic acids is 3. The number of anilines is 1. The van der Waals surface area contributed by atoms with E-state index in [1.807, 2.05) is 32.9 Å². The van der Waals surface area contributed by atoms with Gasteiger partial charge in [0.1, 0.15) is 11.8 Å². The van der Waals surface area contributed by atoms with Gasteiger partial charge in [-0.3, -0.25) is 14.4 Å². The van der Waals surface area contributed by atoms with Gasteiger partial charge in [-0.05, 0) is 76.1 Å². The van der Waals surface area contributed by atoms with Gasteiger partial charge in [-0.15, -0.1) is 11.8 Å². The number of hydrogen-bond donors (Lipinski definition) is 3. The third-order valence-electron chi connectivity index (χ3n) is 8.01. The largest absolute Gasteiger partial charge is 0.494 e. The van der Waals surface area contributed by atoms with E-state index in [1.54, 1.807) is 28.8 Å². The molecule has 3 aliphatic rings. The quantitative estimate of drug-likeness (QED) is 0.242. The molecule has 1 aromatic rings. The number of carbonyl (C=O) groups is 3. The lowest BCUT2D eigenvalue weighted by molar-refractivity contribution is -0.139. The Morgan fingerprint density at radius 2 is 1.82 bits per heavy atom. The van der Waals surface area contributed by atoms with Crippen molar-refractivity contribution in [1.82, 2.24) is 10.2 Å². The Kier molecular flexibility index (Phi) is 9.22. The van der Waals surface area contributed by atoms with Crippen molar-refractivity contribution in [2.75, 3.05) is 25.1 Å². The predicted octanol–water partition coefficient (Wildman–Crippen LogP) is 4.59. The maximum absolute atomic E-state index is 14.1. The third-order valence-corrected chi connectivity index (χ3v) is 11.2. The second kappa shape index (κ2) is 11.8. The zero-order chi connectivity index (χ0) is 29.5. The van der Waals surface area contributed by atoms with E-state index in [0.29, 0.717) is 38.1 Å². The standard InChI is InChI=1S/C30H44BrN3O5S/c1-7-39-19-12-10-18(11-13-19)32-25(36)21-22-27(38)34(14-8-9-15-35)24(30(22)16-20(31)23(21)40-30)26(37)33-29(5,6)17-28(2,3)4/h10-13,20-24,35H,7-9,14-17H2,1-6H3,(H,32,36)(H,33,37)/t20?,21-,22+,23-,24?,30?/m1/s1. The molecule has 3 N–H and O–H groups in total. The molecule has 3 unspecified atom stereocenters. The van der Waals surface area contributed by atoms with E-state index in [0.717, 1.165) is 12.2 Å². The lowest BCUT2D eigenvalue weighted by atomic mass is 9.70. The Balaban J connectivity index is 1.63. The highest BCUT2D eigenvalue weighted by atomic mass is 79.9. The number of ether oxygens (including phenoxy) is 1. The highest BCUT2D eigenvalue weighted by molar-refractivity contribution is 9.09. The number of rotatable bonds is 11. The van der Waals surface area contributed by atoms with Crippen LogP contribution in [0.5, 0.6) is 5.75 Å². The van der Waals surface area contributed by atoms with Crippen LogP contribution in [0, 0.1) is 17.3 Å². The summed E-state index contributed by atoms with van der Waals surface area (Å²) in [5.41, 5.74) is 0.184. The molecule has 0 saturated carbocycles. The Bertz CT molecular complexity index is 1110. The smallest absolute Gasteiger partial charge is 0.244 e. The van der Waals surface area contributed by atoms with E-state index in [9.17, 15) is 19.5 Å². The molecule has 6 atom stereocenters. The van der Waals surface area contributed by atoms with Crippen LogP contribution >= 0.6 is 27.7 Å². The Morgan fingerprint density at radius 1 is 1.15 bits per heavy atom. The molecule has 4 rings (SSSR count). The molecule has 2 bridgehead atoms. The van der Waals surface area contributed by atoms with Crippen molar-refractivity contribution in [2.24, 2.45) is 17.3 Å². The molecular weight excluding hydrogens is 594 g/mol. The molecule has 10 heteroatoms. The summed E-state index contributed by atoms with van der Waals surface area (Å²) in [5.74, 6) is -0.918. The molecule has 222 valence electrons. The first-order valence-corrected chi connectivity index (χ1v) is 16.1. The topological polar surface area (TPSA) is 108 Å². The highest BCUT2D eigenvalue weighted by Gasteiger charge is 2.75. The molecule has 3 heterocycles. The summed E-state index contributed by atoms with van der Waals surface area (Å²) in [4.78, 5) is 43.8. The number of unbranched alkanes of at least 4 members (excludes halogenated alkanes) is 1. The maximum atomic E-state index is 14.1. The van der Waals surface area contributed by atoms with Gasteiger partial charge in [-0.2, -0.15) is 0 Å². The van der Waals surface area contributed by atoms with Gasteiger partial charge >= 0.3 is 0 Å². The number of nitrogens with one attached hydrogen (secondary N) is 2. The molecule has 40 heavy (non-hydrogen) atoms. The zero-order valence-corrected chi connectivity index (χ0v) is 26.9. The van der Waals surface area contributed by atoms with E-state index in [-0.39, 0.29) is 39.8 Å². The fourth-order valence-corrected chi connectivity index (χ4v) is 10.8. The van der Waals surface area contributed by atoms with Crippen LogP contribution in [0.1, 0.15) is 67.2 Å². The summed E-state index contributed by atoms with van der Waals surface area (Å²) in [5, 5.41) is 15.6. The van der Waals surface area contributed by atoms with Gasteiger partial charge in [0.25, 0.3) is 0 Å². The van der Waals surface area contributed by atoms with Gasteiger partial charge in [0.05, 0.1) is 23.2 Å². The molecule has 1 spiro atoms. The predicted molar refractivity (Wildman–Crippen MR) is 163 cm³/mol. The number of fused-ring (bicyclic) bond motifs is 1. The zero-order valence-electron chi connectivity index (χ0n) is 24.5. The summed E-state index contributed by atoms with van der Waals surface area (Å²) >= 11 is 5.45. The average Bonchev–Trinajstić information content (AvgIpc) is 3.42. The molecule has 3 fully saturated rings. The van der Waals surface area contributed by atoms with Gasteiger partial charge < -0.3 is 25.4 Å². The van der Waals surface area contributed by atoms with Crippen molar-refractivity contribution >= 4 is 51.1 Å². The van der Waals surface area contributed by atoms with Crippen LogP contribution in [0.3, 0.4) is 0 Å². The fourth-order valence-electron chi connectivity index (χ4n) is 7.16. The monoisotopic (exact) mass is 637 g/mol. The second-order valence-electron chi connectivity index (χ2n) is 13.2. The maximum Gasteiger partial charge on any atom is 0.244 e. The van der Waals surface area contributed by atoms with Crippen molar-refractivity contribution < 1.29 is 24.2 Å². The van der Waals surface area contributed by atoms with E-state index in [1.165, 1.54) is 0 Å². The SMILES string of the molecule is CCOc1ccc(NC(=O)[C@H]2[C@@H]3SC4(CC3Br)C(C(=O)NC(C)(C)CC(C)(C)C)N(CCCCO)C(=O)[C@H]24)cc1. The molecule has 3 aliphatic heterocycles. The molecule has 0 aliphatic carbocycles. The minimum atomic E-state index is -0.697. The average molecular weight is 639 g/mol. The fraction of sp³-hybridized carbons (Fsp3) is 0.700. The molecule has 3 amide bonds. The Morgan fingerprint density at radius 3 is 2.42 bits per heavy atom. The van der Waals surface area contributed by atoms with Crippen LogP contribution in [0.15, 0.2) is 24.3 Å². The Hall–Kier alpha value is -1.78. The number of alkyl halides is 1. The van der Waals surface area contributed by atoms with E-state index in [4.69, 9.17) is 4.74 Å². The lowest BCUT2D eigenvalue weighted by Crippen LogP contribution is -2.58. The number of halogens is 1. The number of aliphatic hydroxyl groups excluding tert-OH is 1. The van der Waals surface area contributed by atoms with Crippen LogP contribution in [-0.2, 0) is 14.4 Å². The molecule has 0 radical (unpaired) electrons. The van der Waals surface area contributed by atoms with Gasteiger partial charge in [0, 0.05) is 34.5 Å². The number of aliphatic hydroxyl groups is 1. The first-order valence-electron chi connectivity index (χ1n) is 14.3. The highest BCUT2D eigenvalue weighted by Crippen LogP contribution is 2.67. The molecule has 3 saturated heterocycles. The van der Waals surface area contributed by atoms with E-state index in [2.05, 4.69) is 47.3 Å². The number of nitrogens with zero attached hydrogens (tertiary/aromatic N) is 1. The minimum absolute atomic E-state index is 0.00732.